The van der Waals surface area contributed by atoms with Crippen molar-refractivity contribution in [3.05, 3.63) is 21.3 Å². The minimum absolute atomic E-state index is 0.292. The standard InChI is InChI=1S/C11H18ClNOS/c1-9(8-14)3-2-6-13-7-10-4-5-11(12)15-10/h4-5,9,13-14H,2-3,6-8H2,1H3. The molecule has 1 aromatic rings. The number of rotatable bonds is 7. The lowest BCUT2D eigenvalue weighted by atomic mass is 10.1. The Labute approximate surface area is 100 Å². The number of thiophene rings is 1. The first-order valence-electron chi connectivity index (χ1n) is 5.28. The lowest BCUT2D eigenvalue weighted by molar-refractivity contribution is 0.228. The second-order valence-electron chi connectivity index (χ2n) is 3.81. The lowest BCUT2D eigenvalue weighted by Crippen LogP contribution is -2.15. The molecule has 0 aliphatic rings. The fourth-order valence-corrected chi connectivity index (χ4v) is 2.38. The summed E-state index contributed by atoms with van der Waals surface area (Å²) in [5.74, 6) is 0.419. The Balaban J connectivity index is 2.02. The third-order valence-electron chi connectivity index (χ3n) is 2.29. The minimum atomic E-state index is 0.292. The molecule has 0 aromatic carbocycles. The fraction of sp³-hybridized carbons (Fsp3) is 0.636. The van der Waals surface area contributed by atoms with Crippen LogP contribution in [0.3, 0.4) is 0 Å². The van der Waals surface area contributed by atoms with E-state index in [1.54, 1.807) is 11.3 Å². The van der Waals surface area contributed by atoms with Crippen LogP contribution in [0, 0.1) is 5.92 Å². The largest absolute Gasteiger partial charge is 0.396 e. The van der Waals surface area contributed by atoms with Crippen LogP contribution in [-0.2, 0) is 6.54 Å². The maximum Gasteiger partial charge on any atom is 0.0931 e. The van der Waals surface area contributed by atoms with Gasteiger partial charge in [-0.3, -0.25) is 0 Å². The molecule has 0 aliphatic heterocycles. The lowest BCUT2D eigenvalue weighted by Gasteiger charge is -2.07. The number of halogens is 1. The highest BCUT2D eigenvalue weighted by Crippen LogP contribution is 2.20. The average Bonchev–Trinajstić information content (AvgIpc) is 2.63. The molecule has 86 valence electrons. The molecule has 0 aliphatic carbocycles. The van der Waals surface area contributed by atoms with E-state index in [1.165, 1.54) is 4.88 Å². The molecule has 1 atom stereocenters. The quantitative estimate of drug-likeness (QED) is 0.727. The summed E-state index contributed by atoms with van der Waals surface area (Å²) in [7, 11) is 0. The van der Waals surface area contributed by atoms with E-state index >= 15 is 0 Å². The monoisotopic (exact) mass is 247 g/mol. The molecule has 0 saturated heterocycles. The van der Waals surface area contributed by atoms with Gasteiger partial charge in [0.05, 0.1) is 4.34 Å². The molecule has 2 nitrogen and oxygen atoms in total. The Kier molecular flexibility index (Phi) is 6.25. The van der Waals surface area contributed by atoms with Crippen molar-refractivity contribution in [3.63, 3.8) is 0 Å². The predicted octanol–water partition coefficient (Wildman–Crippen LogP) is 2.90. The van der Waals surface area contributed by atoms with Gasteiger partial charge >= 0.3 is 0 Å². The van der Waals surface area contributed by atoms with E-state index in [4.69, 9.17) is 16.7 Å². The summed E-state index contributed by atoms with van der Waals surface area (Å²) >= 11 is 7.44. The van der Waals surface area contributed by atoms with E-state index in [0.29, 0.717) is 12.5 Å². The Morgan fingerprint density at radius 1 is 1.53 bits per heavy atom. The zero-order chi connectivity index (χ0) is 11.1. The third kappa shape index (κ3) is 5.52. The number of hydrogen-bond donors (Lipinski definition) is 2. The van der Waals surface area contributed by atoms with E-state index in [2.05, 4.69) is 18.3 Å². The van der Waals surface area contributed by atoms with Crippen LogP contribution in [0.5, 0.6) is 0 Å². The smallest absolute Gasteiger partial charge is 0.0931 e. The first-order chi connectivity index (χ1) is 7.22. The molecule has 1 heterocycles. The van der Waals surface area contributed by atoms with E-state index in [1.807, 2.05) is 6.07 Å². The topological polar surface area (TPSA) is 32.3 Å². The Morgan fingerprint density at radius 2 is 2.33 bits per heavy atom. The van der Waals surface area contributed by atoms with Crippen LogP contribution in [0.15, 0.2) is 12.1 Å². The van der Waals surface area contributed by atoms with Crippen molar-refractivity contribution in [2.24, 2.45) is 5.92 Å². The summed E-state index contributed by atoms with van der Waals surface area (Å²) in [6.07, 6.45) is 2.19. The van der Waals surface area contributed by atoms with Crippen molar-refractivity contribution in [2.45, 2.75) is 26.3 Å². The van der Waals surface area contributed by atoms with Gasteiger partial charge in [0.25, 0.3) is 0 Å². The molecule has 0 bridgehead atoms. The molecule has 1 aromatic heterocycles. The molecule has 0 saturated carbocycles. The van der Waals surface area contributed by atoms with Crippen molar-refractivity contribution >= 4 is 22.9 Å². The van der Waals surface area contributed by atoms with Crippen LogP contribution in [0.4, 0.5) is 0 Å². The summed E-state index contributed by atoms with van der Waals surface area (Å²) in [6.45, 7) is 4.25. The molecule has 0 amide bonds. The molecular weight excluding hydrogens is 230 g/mol. The average molecular weight is 248 g/mol. The molecule has 0 radical (unpaired) electrons. The van der Waals surface area contributed by atoms with E-state index in [0.717, 1.165) is 30.3 Å². The maximum absolute atomic E-state index is 8.84. The zero-order valence-corrected chi connectivity index (χ0v) is 10.6. The highest BCUT2D eigenvalue weighted by molar-refractivity contribution is 7.16. The highest BCUT2D eigenvalue weighted by atomic mass is 35.5. The number of aliphatic hydroxyl groups is 1. The normalized spacial score (nSPS) is 13.0. The van der Waals surface area contributed by atoms with E-state index in [9.17, 15) is 0 Å². The van der Waals surface area contributed by atoms with Gasteiger partial charge in [0, 0.05) is 18.0 Å². The number of aliphatic hydroxyl groups excluding tert-OH is 1. The summed E-state index contributed by atoms with van der Waals surface area (Å²) in [6, 6.07) is 3.98. The number of nitrogens with one attached hydrogen (secondary N) is 1. The summed E-state index contributed by atoms with van der Waals surface area (Å²) < 4.78 is 0.848. The van der Waals surface area contributed by atoms with Crippen molar-refractivity contribution in [1.82, 2.24) is 5.32 Å². The van der Waals surface area contributed by atoms with Gasteiger partial charge in [-0.15, -0.1) is 11.3 Å². The molecule has 2 N–H and O–H groups in total. The maximum atomic E-state index is 8.84. The predicted molar refractivity (Wildman–Crippen MR) is 66.5 cm³/mol. The second-order valence-corrected chi connectivity index (χ2v) is 5.61. The van der Waals surface area contributed by atoms with Crippen LogP contribution in [0.2, 0.25) is 4.34 Å². The molecule has 0 fully saturated rings. The first-order valence-corrected chi connectivity index (χ1v) is 6.47. The highest BCUT2D eigenvalue weighted by Gasteiger charge is 2.00. The number of hydrogen-bond acceptors (Lipinski definition) is 3. The van der Waals surface area contributed by atoms with Crippen molar-refractivity contribution < 1.29 is 5.11 Å². The van der Waals surface area contributed by atoms with Gasteiger partial charge in [0.2, 0.25) is 0 Å². The van der Waals surface area contributed by atoms with Crippen molar-refractivity contribution in [2.75, 3.05) is 13.2 Å². The van der Waals surface area contributed by atoms with Gasteiger partial charge in [-0.25, -0.2) is 0 Å². The first kappa shape index (κ1) is 13.0. The van der Waals surface area contributed by atoms with Crippen molar-refractivity contribution in [3.8, 4) is 0 Å². The Bertz CT molecular complexity index is 277. The SMILES string of the molecule is CC(CO)CCCNCc1ccc(Cl)s1. The van der Waals surface area contributed by atoms with Gasteiger partial charge in [0.1, 0.15) is 0 Å². The molecule has 1 rings (SSSR count). The van der Waals surface area contributed by atoms with Crippen LogP contribution >= 0.6 is 22.9 Å². The van der Waals surface area contributed by atoms with Gasteiger partial charge < -0.3 is 10.4 Å². The zero-order valence-electron chi connectivity index (χ0n) is 9.00. The Morgan fingerprint density at radius 3 is 2.93 bits per heavy atom. The van der Waals surface area contributed by atoms with Crippen LogP contribution in [0.1, 0.15) is 24.6 Å². The third-order valence-corrected chi connectivity index (χ3v) is 3.52. The van der Waals surface area contributed by atoms with E-state index < -0.39 is 0 Å². The van der Waals surface area contributed by atoms with Crippen LogP contribution < -0.4 is 5.32 Å². The molecular formula is C11H18ClNOS. The van der Waals surface area contributed by atoms with Gasteiger partial charge in [-0.2, -0.15) is 0 Å². The van der Waals surface area contributed by atoms with Gasteiger partial charge in [0.15, 0.2) is 0 Å². The van der Waals surface area contributed by atoms with Crippen LogP contribution in [-0.4, -0.2) is 18.3 Å². The fourth-order valence-electron chi connectivity index (χ4n) is 1.33. The molecule has 4 heteroatoms. The van der Waals surface area contributed by atoms with Crippen LogP contribution in [0.25, 0.3) is 0 Å². The van der Waals surface area contributed by atoms with Gasteiger partial charge in [-0.1, -0.05) is 18.5 Å². The Hall–Kier alpha value is -0.0900. The van der Waals surface area contributed by atoms with Gasteiger partial charge in [-0.05, 0) is 37.4 Å². The molecule has 1 unspecified atom stereocenters. The van der Waals surface area contributed by atoms with Crippen molar-refractivity contribution in [1.29, 1.82) is 0 Å². The minimum Gasteiger partial charge on any atom is -0.396 e. The second kappa shape index (κ2) is 7.23. The summed E-state index contributed by atoms with van der Waals surface area (Å²) in [4.78, 5) is 1.27. The summed E-state index contributed by atoms with van der Waals surface area (Å²) in [5, 5.41) is 12.2. The molecule has 0 spiro atoms. The van der Waals surface area contributed by atoms with E-state index in [-0.39, 0.29) is 0 Å². The summed E-state index contributed by atoms with van der Waals surface area (Å²) in [5.41, 5.74) is 0. The molecule has 15 heavy (non-hydrogen) atoms.